The Hall–Kier alpha value is -1.43. The normalized spacial score (nSPS) is 23.1. The zero-order valence-corrected chi connectivity index (χ0v) is 16.6. The SMILES string of the molecule is CC(CC(=O)Nc1cccc(CN2CCC(CO)CC2)c1)C1CCCNC1. The highest BCUT2D eigenvalue weighted by molar-refractivity contribution is 5.90. The van der Waals surface area contributed by atoms with Crippen molar-refractivity contribution in [2.45, 2.75) is 45.6 Å². The lowest BCUT2D eigenvalue weighted by Gasteiger charge is -2.31. The van der Waals surface area contributed by atoms with Crippen LogP contribution in [0.25, 0.3) is 0 Å². The number of nitrogens with one attached hydrogen (secondary N) is 2. The van der Waals surface area contributed by atoms with Crippen LogP contribution in [0.1, 0.15) is 44.6 Å². The summed E-state index contributed by atoms with van der Waals surface area (Å²) in [6.07, 6.45) is 5.17. The van der Waals surface area contributed by atoms with Crippen molar-refractivity contribution < 1.29 is 9.90 Å². The van der Waals surface area contributed by atoms with E-state index in [-0.39, 0.29) is 5.91 Å². The lowest BCUT2D eigenvalue weighted by atomic mass is 9.85. The Morgan fingerprint density at radius 1 is 1.33 bits per heavy atom. The number of carbonyl (C=O) groups excluding carboxylic acids is 1. The van der Waals surface area contributed by atoms with Crippen LogP contribution in [-0.2, 0) is 11.3 Å². The summed E-state index contributed by atoms with van der Waals surface area (Å²) in [6.45, 7) is 7.64. The summed E-state index contributed by atoms with van der Waals surface area (Å²) < 4.78 is 0. The smallest absolute Gasteiger partial charge is 0.224 e. The van der Waals surface area contributed by atoms with E-state index in [4.69, 9.17) is 0 Å². The fraction of sp³-hybridized carbons (Fsp3) is 0.682. The number of piperidine rings is 2. The Labute approximate surface area is 163 Å². The molecule has 150 valence electrons. The van der Waals surface area contributed by atoms with Crippen LogP contribution in [0.4, 0.5) is 5.69 Å². The summed E-state index contributed by atoms with van der Waals surface area (Å²) in [7, 11) is 0. The van der Waals surface area contributed by atoms with Gasteiger partial charge in [-0.3, -0.25) is 9.69 Å². The fourth-order valence-electron chi connectivity index (χ4n) is 4.37. The molecule has 2 aliphatic rings. The van der Waals surface area contributed by atoms with E-state index < -0.39 is 0 Å². The average Bonchev–Trinajstić information content (AvgIpc) is 2.69. The first-order valence-electron chi connectivity index (χ1n) is 10.6. The van der Waals surface area contributed by atoms with Crippen molar-refractivity contribution in [3.63, 3.8) is 0 Å². The number of anilines is 1. The van der Waals surface area contributed by atoms with Crippen LogP contribution in [0.2, 0.25) is 0 Å². The van der Waals surface area contributed by atoms with Crippen molar-refractivity contribution in [3.8, 4) is 0 Å². The van der Waals surface area contributed by atoms with Gasteiger partial charge >= 0.3 is 0 Å². The molecule has 5 nitrogen and oxygen atoms in total. The van der Waals surface area contributed by atoms with Gasteiger partial charge in [-0.05, 0) is 87.3 Å². The molecule has 2 unspecified atom stereocenters. The molecule has 0 spiro atoms. The van der Waals surface area contributed by atoms with E-state index in [9.17, 15) is 9.90 Å². The van der Waals surface area contributed by atoms with Gasteiger partial charge in [-0.2, -0.15) is 0 Å². The molecular weight excluding hydrogens is 338 g/mol. The summed E-state index contributed by atoms with van der Waals surface area (Å²) in [5, 5.41) is 15.8. The van der Waals surface area contributed by atoms with E-state index in [0.29, 0.717) is 30.8 Å². The highest BCUT2D eigenvalue weighted by atomic mass is 16.3. The van der Waals surface area contributed by atoms with Gasteiger partial charge in [0, 0.05) is 25.3 Å². The monoisotopic (exact) mass is 373 g/mol. The van der Waals surface area contributed by atoms with Gasteiger partial charge in [-0.25, -0.2) is 0 Å². The second-order valence-corrected chi connectivity index (χ2v) is 8.44. The maximum atomic E-state index is 12.5. The van der Waals surface area contributed by atoms with Crippen LogP contribution in [0.3, 0.4) is 0 Å². The molecule has 3 N–H and O–H groups in total. The number of likely N-dealkylation sites (tertiary alicyclic amines) is 1. The van der Waals surface area contributed by atoms with Crippen LogP contribution in [0.15, 0.2) is 24.3 Å². The van der Waals surface area contributed by atoms with Crippen molar-refractivity contribution in [2.75, 3.05) is 38.1 Å². The summed E-state index contributed by atoms with van der Waals surface area (Å²) >= 11 is 0. The maximum absolute atomic E-state index is 12.5. The van der Waals surface area contributed by atoms with E-state index in [0.717, 1.165) is 51.3 Å². The van der Waals surface area contributed by atoms with Crippen LogP contribution in [0, 0.1) is 17.8 Å². The fourth-order valence-corrected chi connectivity index (χ4v) is 4.37. The first kappa shape index (κ1) is 20.3. The van der Waals surface area contributed by atoms with Crippen molar-refractivity contribution in [1.29, 1.82) is 0 Å². The Morgan fingerprint density at radius 3 is 2.85 bits per heavy atom. The molecule has 2 saturated heterocycles. The summed E-state index contributed by atoms with van der Waals surface area (Å²) in [5.74, 6) is 1.61. The highest BCUT2D eigenvalue weighted by Gasteiger charge is 2.22. The molecule has 3 rings (SSSR count). The predicted octanol–water partition coefficient (Wildman–Crippen LogP) is 2.86. The number of benzene rings is 1. The van der Waals surface area contributed by atoms with Crippen molar-refractivity contribution >= 4 is 11.6 Å². The van der Waals surface area contributed by atoms with Crippen molar-refractivity contribution in [1.82, 2.24) is 10.2 Å². The third kappa shape index (κ3) is 6.30. The number of nitrogens with zero attached hydrogens (tertiary/aromatic N) is 1. The van der Waals surface area contributed by atoms with Crippen LogP contribution in [0.5, 0.6) is 0 Å². The van der Waals surface area contributed by atoms with E-state index in [1.54, 1.807) is 0 Å². The van der Waals surface area contributed by atoms with Gasteiger partial charge in [0.2, 0.25) is 5.91 Å². The van der Waals surface area contributed by atoms with Crippen molar-refractivity contribution in [3.05, 3.63) is 29.8 Å². The molecular formula is C22H35N3O2. The lowest BCUT2D eigenvalue weighted by molar-refractivity contribution is -0.117. The zero-order chi connectivity index (χ0) is 19.1. The maximum Gasteiger partial charge on any atom is 0.224 e. The molecule has 0 aromatic heterocycles. The van der Waals surface area contributed by atoms with Gasteiger partial charge in [0.25, 0.3) is 0 Å². The van der Waals surface area contributed by atoms with E-state index in [1.165, 1.54) is 18.4 Å². The van der Waals surface area contributed by atoms with Crippen LogP contribution < -0.4 is 10.6 Å². The predicted molar refractivity (Wildman–Crippen MR) is 110 cm³/mol. The molecule has 0 saturated carbocycles. The third-order valence-corrected chi connectivity index (χ3v) is 6.23. The second-order valence-electron chi connectivity index (χ2n) is 8.44. The molecule has 5 heteroatoms. The molecule has 0 aliphatic carbocycles. The molecule has 0 bridgehead atoms. The highest BCUT2D eigenvalue weighted by Crippen LogP contribution is 2.24. The number of amides is 1. The van der Waals surface area contributed by atoms with Crippen LogP contribution in [-0.4, -0.2) is 48.7 Å². The second kappa shape index (κ2) is 10.2. The standard InChI is InChI=1S/C22H35N3O2/c1-17(20-5-3-9-23-14-20)12-22(27)24-21-6-2-4-19(13-21)15-25-10-7-18(16-26)8-11-25/h2,4,6,13,17-18,20,23,26H,3,5,7-12,14-16H2,1H3,(H,24,27). The molecule has 1 aromatic rings. The number of aliphatic hydroxyl groups is 1. The Kier molecular flexibility index (Phi) is 7.68. The van der Waals surface area contributed by atoms with Gasteiger partial charge in [-0.15, -0.1) is 0 Å². The Morgan fingerprint density at radius 2 is 2.15 bits per heavy atom. The van der Waals surface area contributed by atoms with Crippen molar-refractivity contribution in [2.24, 2.45) is 17.8 Å². The Balaban J connectivity index is 1.47. The molecule has 2 heterocycles. The van der Waals surface area contributed by atoms with E-state index in [1.807, 2.05) is 12.1 Å². The number of hydrogen-bond acceptors (Lipinski definition) is 4. The molecule has 27 heavy (non-hydrogen) atoms. The topological polar surface area (TPSA) is 64.6 Å². The van der Waals surface area contributed by atoms with E-state index in [2.05, 4.69) is 34.6 Å². The largest absolute Gasteiger partial charge is 0.396 e. The quantitative estimate of drug-likeness (QED) is 0.688. The average molecular weight is 374 g/mol. The Bertz CT molecular complexity index is 593. The third-order valence-electron chi connectivity index (χ3n) is 6.23. The first-order valence-corrected chi connectivity index (χ1v) is 10.6. The number of carbonyl (C=O) groups is 1. The van der Waals surface area contributed by atoms with E-state index >= 15 is 0 Å². The summed E-state index contributed by atoms with van der Waals surface area (Å²) in [6, 6.07) is 8.24. The minimum atomic E-state index is 0.119. The number of hydrogen-bond donors (Lipinski definition) is 3. The zero-order valence-electron chi connectivity index (χ0n) is 16.6. The molecule has 1 aromatic carbocycles. The molecule has 1 amide bonds. The minimum Gasteiger partial charge on any atom is -0.396 e. The van der Waals surface area contributed by atoms with Gasteiger partial charge in [-0.1, -0.05) is 19.1 Å². The first-order chi connectivity index (χ1) is 13.1. The van der Waals surface area contributed by atoms with Gasteiger partial charge in [0.05, 0.1) is 0 Å². The number of aliphatic hydroxyl groups excluding tert-OH is 1. The number of rotatable bonds is 7. The van der Waals surface area contributed by atoms with Gasteiger partial charge in [0.15, 0.2) is 0 Å². The molecule has 0 radical (unpaired) electrons. The lowest BCUT2D eigenvalue weighted by Crippen LogP contribution is -2.34. The molecule has 2 fully saturated rings. The van der Waals surface area contributed by atoms with Crippen LogP contribution >= 0.6 is 0 Å². The molecule has 2 aliphatic heterocycles. The van der Waals surface area contributed by atoms with Gasteiger partial charge in [0.1, 0.15) is 0 Å². The van der Waals surface area contributed by atoms with Gasteiger partial charge < -0.3 is 15.7 Å². The minimum absolute atomic E-state index is 0.119. The summed E-state index contributed by atoms with van der Waals surface area (Å²) in [4.78, 5) is 14.9. The molecule has 2 atom stereocenters. The summed E-state index contributed by atoms with van der Waals surface area (Å²) in [5.41, 5.74) is 2.14.